The lowest BCUT2D eigenvalue weighted by Crippen LogP contribution is -2.42. The molecule has 1 amide bonds. The maximum Gasteiger partial charge on any atom is 0.391 e. The third-order valence-electron chi connectivity index (χ3n) is 3.83. The molecule has 3 N–H and O–H groups in total. The third kappa shape index (κ3) is 5.38. The molecule has 0 aromatic carbocycles. The second kappa shape index (κ2) is 6.59. The van der Waals surface area contributed by atoms with E-state index in [0.29, 0.717) is 12.8 Å². The zero-order valence-electron chi connectivity index (χ0n) is 11.5. The van der Waals surface area contributed by atoms with Crippen LogP contribution in [0.3, 0.4) is 0 Å². The summed E-state index contributed by atoms with van der Waals surface area (Å²) in [5.41, 5.74) is 5.79. The van der Waals surface area contributed by atoms with E-state index in [-0.39, 0.29) is 43.2 Å². The van der Waals surface area contributed by atoms with Crippen LogP contribution in [-0.4, -0.2) is 24.2 Å². The normalized spacial score (nSPS) is 26.3. The molecule has 0 spiro atoms. The minimum absolute atomic E-state index is 0.102. The Morgan fingerprint density at radius 2 is 1.79 bits per heavy atom. The van der Waals surface area contributed by atoms with Crippen molar-refractivity contribution in [2.75, 3.05) is 0 Å². The first-order valence-electron chi connectivity index (χ1n) is 6.81. The van der Waals surface area contributed by atoms with E-state index in [0.717, 1.165) is 0 Å². The van der Waals surface area contributed by atoms with Crippen LogP contribution in [0, 0.1) is 11.8 Å². The number of alkyl halides is 3. The Balaban J connectivity index is 2.31. The number of rotatable bonds is 4. The summed E-state index contributed by atoms with van der Waals surface area (Å²) in [4.78, 5) is 11.7. The summed E-state index contributed by atoms with van der Waals surface area (Å²) in [6.45, 7) is 3.87. The number of hydrogen-bond acceptors (Lipinski definition) is 2. The first-order valence-corrected chi connectivity index (χ1v) is 6.81. The van der Waals surface area contributed by atoms with Crippen LogP contribution in [0.25, 0.3) is 0 Å². The highest BCUT2D eigenvalue weighted by Gasteiger charge is 2.41. The predicted octanol–water partition coefficient (Wildman–Crippen LogP) is 2.60. The minimum Gasteiger partial charge on any atom is -0.353 e. The van der Waals surface area contributed by atoms with Gasteiger partial charge in [-0.3, -0.25) is 4.79 Å². The molecule has 0 bridgehead atoms. The maximum atomic E-state index is 12.5. The van der Waals surface area contributed by atoms with Crippen molar-refractivity contribution in [1.82, 2.24) is 5.32 Å². The Bertz CT molecular complexity index is 297. The van der Waals surface area contributed by atoms with Crippen molar-refractivity contribution in [2.24, 2.45) is 17.6 Å². The lowest BCUT2D eigenvalue weighted by molar-refractivity contribution is -0.182. The van der Waals surface area contributed by atoms with Gasteiger partial charge in [0.15, 0.2) is 0 Å². The van der Waals surface area contributed by atoms with Crippen LogP contribution < -0.4 is 11.1 Å². The average molecular weight is 280 g/mol. The van der Waals surface area contributed by atoms with Gasteiger partial charge in [-0.2, -0.15) is 13.2 Å². The van der Waals surface area contributed by atoms with Crippen LogP contribution >= 0.6 is 0 Å². The van der Waals surface area contributed by atoms with Gasteiger partial charge >= 0.3 is 6.18 Å². The van der Waals surface area contributed by atoms with Gasteiger partial charge in [0.2, 0.25) is 5.91 Å². The smallest absolute Gasteiger partial charge is 0.353 e. The van der Waals surface area contributed by atoms with Gasteiger partial charge in [-0.1, -0.05) is 13.8 Å². The van der Waals surface area contributed by atoms with Gasteiger partial charge < -0.3 is 11.1 Å². The van der Waals surface area contributed by atoms with Gasteiger partial charge in [0.1, 0.15) is 0 Å². The molecule has 0 saturated heterocycles. The molecule has 1 rings (SSSR count). The maximum absolute atomic E-state index is 12.5. The van der Waals surface area contributed by atoms with Gasteiger partial charge in [0.05, 0.1) is 5.92 Å². The Morgan fingerprint density at radius 1 is 1.26 bits per heavy atom. The van der Waals surface area contributed by atoms with Crippen molar-refractivity contribution < 1.29 is 18.0 Å². The number of carbonyl (C=O) groups excluding carboxylic acids is 1. The van der Waals surface area contributed by atoms with Crippen molar-refractivity contribution in [2.45, 2.75) is 64.2 Å². The van der Waals surface area contributed by atoms with E-state index in [9.17, 15) is 18.0 Å². The van der Waals surface area contributed by atoms with Crippen molar-refractivity contribution in [3.8, 4) is 0 Å². The van der Waals surface area contributed by atoms with E-state index in [4.69, 9.17) is 5.73 Å². The van der Waals surface area contributed by atoms with Gasteiger partial charge in [-0.25, -0.2) is 0 Å². The van der Waals surface area contributed by atoms with Crippen LogP contribution in [0.1, 0.15) is 46.0 Å². The number of halogens is 3. The predicted molar refractivity (Wildman–Crippen MR) is 67.4 cm³/mol. The molecule has 3 nitrogen and oxygen atoms in total. The van der Waals surface area contributed by atoms with Gasteiger partial charge in [-0.15, -0.1) is 0 Å². The van der Waals surface area contributed by atoms with Crippen LogP contribution in [-0.2, 0) is 4.79 Å². The van der Waals surface area contributed by atoms with Gasteiger partial charge in [-0.05, 0) is 31.6 Å². The molecule has 6 heteroatoms. The van der Waals surface area contributed by atoms with E-state index in [1.165, 1.54) is 0 Å². The Kier molecular flexibility index (Phi) is 5.64. The lowest BCUT2D eigenvalue weighted by Gasteiger charge is -2.30. The molecule has 112 valence electrons. The van der Waals surface area contributed by atoms with Crippen molar-refractivity contribution in [3.05, 3.63) is 0 Å². The molecule has 0 aromatic rings. The van der Waals surface area contributed by atoms with E-state index < -0.39 is 12.1 Å². The van der Waals surface area contributed by atoms with Crippen LogP contribution in [0.2, 0.25) is 0 Å². The summed E-state index contributed by atoms with van der Waals surface area (Å²) in [6.07, 6.45) is -2.87. The Hall–Kier alpha value is -0.780. The quantitative estimate of drug-likeness (QED) is 0.831. The average Bonchev–Trinajstić information content (AvgIpc) is 2.28. The summed E-state index contributed by atoms with van der Waals surface area (Å²) in [5, 5.41) is 2.79. The Morgan fingerprint density at radius 3 is 2.21 bits per heavy atom. The molecule has 19 heavy (non-hydrogen) atoms. The molecule has 0 heterocycles. The zero-order valence-corrected chi connectivity index (χ0v) is 11.5. The highest BCUT2D eigenvalue weighted by atomic mass is 19.4. The number of nitrogens with two attached hydrogens (primary N) is 1. The van der Waals surface area contributed by atoms with E-state index in [1.807, 2.05) is 13.8 Å². The number of nitrogens with one attached hydrogen (secondary N) is 1. The first-order chi connectivity index (χ1) is 8.70. The highest BCUT2D eigenvalue weighted by Crippen LogP contribution is 2.37. The monoisotopic (exact) mass is 280 g/mol. The molecule has 0 aliphatic heterocycles. The molecule has 1 unspecified atom stereocenters. The van der Waals surface area contributed by atoms with E-state index in [1.54, 1.807) is 0 Å². The summed E-state index contributed by atoms with van der Waals surface area (Å²) in [6, 6.07) is -0.336. The summed E-state index contributed by atoms with van der Waals surface area (Å²) < 4.78 is 37.5. The Labute approximate surface area is 112 Å². The second-order valence-electron chi connectivity index (χ2n) is 5.77. The molecule has 1 atom stereocenters. The second-order valence-corrected chi connectivity index (χ2v) is 5.77. The molecular weight excluding hydrogens is 257 g/mol. The summed E-state index contributed by atoms with van der Waals surface area (Å²) in [7, 11) is 0. The van der Waals surface area contributed by atoms with Gasteiger partial charge in [0, 0.05) is 18.5 Å². The number of amides is 1. The standard InChI is InChI=1S/C13H23F3N2O/c1-8(2)11(17)7-12(19)18-10-5-3-9(4-6-10)13(14,15)16/h8-11H,3-7,17H2,1-2H3,(H,18,19). The van der Waals surface area contributed by atoms with E-state index >= 15 is 0 Å². The topological polar surface area (TPSA) is 55.1 Å². The molecule has 1 aliphatic rings. The fourth-order valence-electron chi connectivity index (χ4n) is 2.30. The largest absolute Gasteiger partial charge is 0.391 e. The molecule has 1 fully saturated rings. The number of carbonyl (C=O) groups is 1. The lowest BCUT2D eigenvalue weighted by atomic mass is 9.85. The van der Waals surface area contributed by atoms with Crippen molar-refractivity contribution >= 4 is 5.91 Å². The fourth-order valence-corrected chi connectivity index (χ4v) is 2.30. The highest BCUT2D eigenvalue weighted by molar-refractivity contribution is 5.76. The third-order valence-corrected chi connectivity index (χ3v) is 3.83. The zero-order chi connectivity index (χ0) is 14.6. The SMILES string of the molecule is CC(C)C(N)CC(=O)NC1CCC(C(F)(F)F)CC1. The van der Waals surface area contributed by atoms with Gasteiger partial charge in [0.25, 0.3) is 0 Å². The molecule has 1 aliphatic carbocycles. The van der Waals surface area contributed by atoms with Crippen LogP contribution in [0.4, 0.5) is 13.2 Å². The number of hydrogen-bond donors (Lipinski definition) is 2. The summed E-state index contributed by atoms with van der Waals surface area (Å²) >= 11 is 0. The fraction of sp³-hybridized carbons (Fsp3) is 0.923. The molecule has 1 saturated carbocycles. The molecule has 0 aromatic heterocycles. The first kappa shape index (κ1) is 16.3. The summed E-state index contributed by atoms with van der Waals surface area (Å²) in [5.74, 6) is -1.15. The molecular formula is C13H23F3N2O. The molecule has 0 radical (unpaired) electrons. The van der Waals surface area contributed by atoms with E-state index in [2.05, 4.69) is 5.32 Å². The van der Waals surface area contributed by atoms with Crippen molar-refractivity contribution in [3.63, 3.8) is 0 Å². The van der Waals surface area contributed by atoms with Crippen LogP contribution in [0.15, 0.2) is 0 Å². The van der Waals surface area contributed by atoms with Crippen molar-refractivity contribution in [1.29, 1.82) is 0 Å². The van der Waals surface area contributed by atoms with Crippen LogP contribution in [0.5, 0.6) is 0 Å². The minimum atomic E-state index is -4.10.